The van der Waals surface area contributed by atoms with Gasteiger partial charge in [-0.1, -0.05) is 6.92 Å². The average molecular weight is 190 g/mol. The van der Waals surface area contributed by atoms with Gasteiger partial charge in [-0.05, 0) is 14.1 Å². The van der Waals surface area contributed by atoms with E-state index in [9.17, 15) is 4.79 Å². The summed E-state index contributed by atoms with van der Waals surface area (Å²) in [7, 11) is 4.08. The number of hydrogen-bond acceptors (Lipinski definition) is 3. The van der Waals surface area contributed by atoms with Gasteiger partial charge >= 0.3 is 0 Å². The Balaban J connectivity index is 3.25. The fraction of sp³-hybridized carbons (Fsp3) is 0.875. The van der Waals surface area contributed by atoms with E-state index in [1.807, 2.05) is 21.0 Å². The molecule has 1 amide bonds. The molecule has 1 unspecified atom stereocenters. The molecule has 72 valence electrons. The van der Waals surface area contributed by atoms with Crippen LogP contribution in [-0.4, -0.2) is 43.0 Å². The molecule has 0 saturated heterocycles. The SMILES string of the molecule is CC(CSCCN(C)C)C(N)=O. The maximum Gasteiger partial charge on any atom is 0.221 e. The predicted octanol–water partition coefficient (Wildman–Crippen LogP) is 0.403. The molecule has 12 heavy (non-hydrogen) atoms. The molecular formula is C8H18N2OS. The number of carbonyl (C=O) groups excluding carboxylic acids is 1. The largest absolute Gasteiger partial charge is 0.369 e. The summed E-state index contributed by atoms with van der Waals surface area (Å²) in [5.74, 6) is 1.69. The van der Waals surface area contributed by atoms with Crippen LogP contribution in [0.15, 0.2) is 0 Å². The van der Waals surface area contributed by atoms with Gasteiger partial charge in [-0.15, -0.1) is 0 Å². The summed E-state index contributed by atoms with van der Waals surface area (Å²) in [4.78, 5) is 12.8. The highest BCUT2D eigenvalue weighted by atomic mass is 32.2. The van der Waals surface area contributed by atoms with Gasteiger partial charge in [-0.3, -0.25) is 4.79 Å². The van der Waals surface area contributed by atoms with Crippen molar-refractivity contribution in [2.45, 2.75) is 6.92 Å². The number of nitrogens with zero attached hydrogens (tertiary/aromatic N) is 1. The Hall–Kier alpha value is -0.220. The first-order valence-corrected chi connectivity index (χ1v) is 5.21. The first-order chi connectivity index (χ1) is 5.54. The molecule has 0 fully saturated rings. The molecule has 0 aliphatic carbocycles. The van der Waals surface area contributed by atoms with Crippen molar-refractivity contribution in [3.63, 3.8) is 0 Å². The predicted molar refractivity (Wildman–Crippen MR) is 54.2 cm³/mol. The summed E-state index contributed by atoms with van der Waals surface area (Å²) in [6, 6.07) is 0. The standard InChI is InChI=1S/C8H18N2OS/c1-7(8(9)11)6-12-5-4-10(2)3/h7H,4-6H2,1-3H3,(H2,9,11). The van der Waals surface area contributed by atoms with Gasteiger partial charge in [0.1, 0.15) is 0 Å². The van der Waals surface area contributed by atoms with Gasteiger partial charge in [-0.25, -0.2) is 0 Å². The van der Waals surface area contributed by atoms with E-state index in [1.54, 1.807) is 11.8 Å². The molecule has 2 N–H and O–H groups in total. The minimum atomic E-state index is -0.202. The number of amides is 1. The molecule has 3 nitrogen and oxygen atoms in total. The summed E-state index contributed by atoms with van der Waals surface area (Å²) in [6.45, 7) is 2.92. The number of primary amides is 1. The molecule has 0 aliphatic rings. The van der Waals surface area contributed by atoms with E-state index in [0.29, 0.717) is 0 Å². The maximum absolute atomic E-state index is 10.6. The summed E-state index contributed by atoms with van der Waals surface area (Å²) >= 11 is 1.78. The minimum absolute atomic E-state index is 0.00263. The molecule has 0 aromatic carbocycles. The fourth-order valence-electron chi connectivity index (χ4n) is 0.589. The Morgan fingerprint density at radius 3 is 2.58 bits per heavy atom. The van der Waals surface area contributed by atoms with Gasteiger partial charge in [0.15, 0.2) is 0 Å². The first-order valence-electron chi connectivity index (χ1n) is 4.06. The topological polar surface area (TPSA) is 46.3 Å². The summed E-state index contributed by atoms with van der Waals surface area (Å²) in [5.41, 5.74) is 5.12. The second-order valence-electron chi connectivity index (χ2n) is 3.18. The third-order valence-corrected chi connectivity index (χ3v) is 2.74. The minimum Gasteiger partial charge on any atom is -0.369 e. The maximum atomic E-state index is 10.6. The van der Waals surface area contributed by atoms with Gasteiger partial charge in [0.2, 0.25) is 5.91 Å². The van der Waals surface area contributed by atoms with Crippen LogP contribution < -0.4 is 5.73 Å². The van der Waals surface area contributed by atoms with Crippen molar-refractivity contribution in [1.82, 2.24) is 4.90 Å². The highest BCUT2D eigenvalue weighted by Gasteiger charge is 2.07. The van der Waals surface area contributed by atoms with E-state index in [1.165, 1.54) is 0 Å². The van der Waals surface area contributed by atoms with Crippen LogP contribution in [0.5, 0.6) is 0 Å². The van der Waals surface area contributed by atoms with Crippen molar-refractivity contribution in [2.75, 3.05) is 32.1 Å². The molecule has 0 spiro atoms. The molecule has 0 aromatic rings. The quantitative estimate of drug-likeness (QED) is 0.617. The van der Waals surface area contributed by atoms with Crippen LogP contribution in [0.2, 0.25) is 0 Å². The van der Waals surface area contributed by atoms with Crippen molar-refractivity contribution < 1.29 is 4.79 Å². The summed E-state index contributed by atoms with van der Waals surface area (Å²) < 4.78 is 0. The Bertz CT molecular complexity index is 139. The summed E-state index contributed by atoms with van der Waals surface area (Å²) in [5, 5.41) is 0. The van der Waals surface area contributed by atoms with Gasteiger partial charge in [0, 0.05) is 24.0 Å². The molecule has 1 atom stereocenters. The molecule has 4 heteroatoms. The van der Waals surface area contributed by atoms with Crippen molar-refractivity contribution in [3.05, 3.63) is 0 Å². The van der Waals surface area contributed by atoms with E-state index in [2.05, 4.69) is 4.90 Å². The Morgan fingerprint density at radius 1 is 1.58 bits per heavy atom. The van der Waals surface area contributed by atoms with Crippen molar-refractivity contribution in [1.29, 1.82) is 0 Å². The zero-order chi connectivity index (χ0) is 9.56. The highest BCUT2D eigenvalue weighted by molar-refractivity contribution is 7.99. The van der Waals surface area contributed by atoms with Gasteiger partial charge < -0.3 is 10.6 Å². The summed E-state index contributed by atoms with van der Waals surface area (Å²) in [6.07, 6.45) is 0. The van der Waals surface area contributed by atoms with Crippen molar-refractivity contribution >= 4 is 17.7 Å². The van der Waals surface area contributed by atoms with Crippen LogP contribution in [0.1, 0.15) is 6.92 Å². The van der Waals surface area contributed by atoms with Crippen LogP contribution >= 0.6 is 11.8 Å². The molecule has 0 aromatic heterocycles. The molecule has 0 bridgehead atoms. The number of rotatable bonds is 6. The van der Waals surface area contributed by atoms with Crippen LogP contribution in [0.4, 0.5) is 0 Å². The van der Waals surface area contributed by atoms with E-state index < -0.39 is 0 Å². The third-order valence-electron chi connectivity index (χ3n) is 1.54. The number of hydrogen-bond donors (Lipinski definition) is 1. The number of nitrogens with two attached hydrogens (primary N) is 1. The molecule has 0 aliphatic heterocycles. The lowest BCUT2D eigenvalue weighted by molar-refractivity contribution is -0.120. The van der Waals surface area contributed by atoms with Crippen LogP contribution in [-0.2, 0) is 4.79 Å². The number of thioether (sulfide) groups is 1. The van der Waals surface area contributed by atoms with E-state index in [-0.39, 0.29) is 11.8 Å². The van der Waals surface area contributed by atoms with E-state index in [0.717, 1.165) is 18.1 Å². The zero-order valence-electron chi connectivity index (χ0n) is 8.04. The Morgan fingerprint density at radius 2 is 2.17 bits per heavy atom. The average Bonchev–Trinajstić information content (AvgIpc) is 1.97. The molecule has 0 rings (SSSR count). The lowest BCUT2D eigenvalue weighted by atomic mass is 10.2. The smallest absolute Gasteiger partial charge is 0.221 e. The van der Waals surface area contributed by atoms with Gasteiger partial charge in [0.25, 0.3) is 0 Å². The van der Waals surface area contributed by atoms with Crippen molar-refractivity contribution in [2.24, 2.45) is 11.7 Å². The lowest BCUT2D eigenvalue weighted by Gasteiger charge is -2.10. The highest BCUT2D eigenvalue weighted by Crippen LogP contribution is 2.07. The van der Waals surface area contributed by atoms with Crippen LogP contribution in [0, 0.1) is 5.92 Å². The monoisotopic (exact) mass is 190 g/mol. The van der Waals surface area contributed by atoms with Crippen LogP contribution in [0.25, 0.3) is 0 Å². The molecular weight excluding hydrogens is 172 g/mol. The second-order valence-corrected chi connectivity index (χ2v) is 4.33. The fourth-order valence-corrected chi connectivity index (χ4v) is 1.77. The zero-order valence-corrected chi connectivity index (χ0v) is 8.86. The first kappa shape index (κ1) is 11.8. The van der Waals surface area contributed by atoms with Gasteiger partial charge in [0.05, 0.1) is 0 Å². The molecule has 0 saturated carbocycles. The number of carbonyl (C=O) groups is 1. The Labute approximate surface area is 78.7 Å². The van der Waals surface area contributed by atoms with Gasteiger partial charge in [-0.2, -0.15) is 11.8 Å². The Kier molecular flexibility index (Phi) is 6.20. The normalized spacial score (nSPS) is 13.3. The van der Waals surface area contributed by atoms with E-state index >= 15 is 0 Å². The van der Waals surface area contributed by atoms with Crippen LogP contribution in [0.3, 0.4) is 0 Å². The molecule has 0 radical (unpaired) electrons. The van der Waals surface area contributed by atoms with Crippen molar-refractivity contribution in [3.8, 4) is 0 Å². The lowest BCUT2D eigenvalue weighted by Crippen LogP contribution is -2.23. The van der Waals surface area contributed by atoms with E-state index in [4.69, 9.17) is 5.73 Å². The second kappa shape index (κ2) is 6.31. The molecule has 0 heterocycles. The third kappa shape index (κ3) is 6.49.